The lowest BCUT2D eigenvalue weighted by molar-refractivity contribution is 0.102. The maximum Gasteiger partial charge on any atom is 0.296 e. The van der Waals surface area contributed by atoms with Crippen LogP contribution in [0.3, 0.4) is 0 Å². The Labute approximate surface area is 228 Å². The van der Waals surface area contributed by atoms with Crippen molar-refractivity contribution in [2.75, 3.05) is 11.9 Å². The Morgan fingerprint density at radius 3 is 2.50 bits per heavy atom. The molecule has 0 spiro atoms. The van der Waals surface area contributed by atoms with Crippen molar-refractivity contribution in [3.63, 3.8) is 0 Å². The van der Waals surface area contributed by atoms with Crippen molar-refractivity contribution < 1.29 is 27.6 Å². The van der Waals surface area contributed by atoms with Crippen LogP contribution in [0.2, 0.25) is 10.0 Å². The lowest BCUT2D eigenvalue weighted by atomic mass is 10.0. The van der Waals surface area contributed by atoms with E-state index in [1.54, 1.807) is 43.3 Å². The van der Waals surface area contributed by atoms with Gasteiger partial charge in [0.15, 0.2) is 5.75 Å². The maximum atomic E-state index is 13.3. The van der Waals surface area contributed by atoms with E-state index in [-0.39, 0.29) is 27.5 Å². The smallest absolute Gasteiger partial charge is 0.296 e. The fraction of sp³-hybridized carbons (Fsp3) is 0.115. The van der Waals surface area contributed by atoms with Crippen molar-refractivity contribution in [2.24, 2.45) is 10.2 Å². The zero-order chi connectivity index (χ0) is 27.6. The number of halogens is 2. The molecule has 0 bridgehead atoms. The number of aromatic hydroxyl groups is 1. The summed E-state index contributed by atoms with van der Waals surface area (Å²) in [6.45, 7) is 3.57. The number of anilines is 1. The first-order valence-electron chi connectivity index (χ1n) is 11.2. The predicted octanol–water partition coefficient (Wildman–Crippen LogP) is 7.47. The lowest BCUT2D eigenvalue weighted by Crippen LogP contribution is -2.13. The zero-order valence-corrected chi connectivity index (χ0v) is 22.4. The van der Waals surface area contributed by atoms with Gasteiger partial charge in [-0.2, -0.15) is 13.5 Å². The van der Waals surface area contributed by atoms with E-state index >= 15 is 0 Å². The van der Waals surface area contributed by atoms with E-state index in [0.717, 1.165) is 0 Å². The summed E-state index contributed by atoms with van der Waals surface area (Å²) in [5, 5.41) is 23.4. The molecule has 0 saturated carbocycles. The number of amides is 1. The molecule has 0 radical (unpaired) electrons. The van der Waals surface area contributed by atoms with Crippen molar-refractivity contribution in [3.05, 3.63) is 81.8 Å². The molecule has 38 heavy (non-hydrogen) atoms. The number of carbonyl (C=O) groups is 1. The van der Waals surface area contributed by atoms with Crippen LogP contribution >= 0.6 is 23.2 Å². The van der Waals surface area contributed by atoms with Crippen LogP contribution in [-0.2, 0) is 10.1 Å². The van der Waals surface area contributed by atoms with Crippen molar-refractivity contribution in [1.29, 1.82) is 0 Å². The summed E-state index contributed by atoms with van der Waals surface area (Å²) in [6, 6.07) is 15.9. The first-order chi connectivity index (χ1) is 18.0. The minimum Gasteiger partial charge on any atom is -0.505 e. The standard InChI is InChI=1S/C26H21Cl2N3O6S/c1-3-37-22-11-8-16(27)13-21(22)29-26(33)18-12-15-6-4-5-7-17(15)23(24(18)32)31-30-20-10-9-19(28)25(14(20)2)38(34,35)36/h4-13,32H,3H2,1-2H3,(H,29,33)(H,34,35,36). The van der Waals surface area contributed by atoms with Crippen LogP contribution in [0.5, 0.6) is 11.5 Å². The molecule has 4 rings (SSSR count). The van der Waals surface area contributed by atoms with Gasteiger partial charge in [0.1, 0.15) is 16.3 Å². The van der Waals surface area contributed by atoms with Crippen molar-refractivity contribution in [1.82, 2.24) is 0 Å². The third kappa shape index (κ3) is 5.58. The second-order valence-corrected chi connectivity index (χ2v) is 10.3. The Morgan fingerprint density at radius 1 is 1.05 bits per heavy atom. The van der Waals surface area contributed by atoms with Crippen LogP contribution in [0.1, 0.15) is 22.8 Å². The highest BCUT2D eigenvalue weighted by molar-refractivity contribution is 7.86. The number of fused-ring (bicyclic) bond motifs is 1. The molecule has 1 amide bonds. The van der Waals surface area contributed by atoms with Crippen LogP contribution < -0.4 is 10.1 Å². The van der Waals surface area contributed by atoms with Crippen molar-refractivity contribution in [3.8, 4) is 11.5 Å². The zero-order valence-electron chi connectivity index (χ0n) is 20.1. The Hall–Kier alpha value is -3.70. The Bertz CT molecular complexity index is 1710. The number of carbonyl (C=O) groups excluding carboxylic acids is 1. The number of phenols is 1. The molecular formula is C26H21Cl2N3O6S. The molecule has 3 N–H and O–H groups in total. The molecule has 4 aromatic carbocycles. The quantitative estimate of drug-likeness (QED) is 0.155. The lowest BCUT2D eigenvalue weighted by Gasteiger charge is -2.14. The molecule has 4 aromatic rings. The van der Waals surface area contributed by atoms with Crippen LogP contribution in [0.15, 0.2) is 75.8 Å². The van der Waals surface area contributed by atoms with Crippen molar-refractivity contribution >= 4 is 67.1 Å². The van der Waals surface area contributed by atoms with Gasteiger partial charge in [0.05, 0.1) is 28.6 Å². The highest BCUT2D eigenvalue weighted by atomic mass is 35.5. The fourth-order valence-electron chi connectivity index (χ4n) is 3.84. The highest BCUT2D eigenvalue weighted by Gasteiger charge is 2.22. The van der Waals surface area contributed by atoms with E-state index < -0.39 is 26.7 Å². The summed E-state index contributed by atoms with van der Waals surface area (Å²) in [7, 11) is -4.63. The second kappa shape index (κ2) is 11.0. The van der Waals surface area contributed by atoms with E-state index in [9.17, 15) is 22.9 Å². The number of azo groups is 1. The number of phenolic OH excluding ortho intramolecular Hbond substituents is 1. The van der Waals surface area contributed by atoms with Crippen molar-refractivity contribution in [2.45, 2.75) is 18.7 Å². The summed E-state index contributed by atoms with van der Waals surface area (Å²) < 4.78 is 38.7. The van der Waals surface area contributed by atoms with Crippen LogP contribution in [-0.4, -0.2) is 30.6 Å². The number of nitrogens with zero attached hydrogens (tertiary/aromatic N) is 2. The summed E-state index contributed by atoms with van der Waals surface area (Å²) in [5.74, 6) is -0.700. The molecule has 0 atom stereocenters. The molecule has 0 aliphatic heterocycles. The minimum atomic E-state index is -4.63. The van der Waals surface area contributed by atoms with Crippen LogP contribution in [0.25, 0.3) is 10.8 Å². The molecular weight excluding hydrogens is 553 g/mol. The number of rotatable bonds is 7. The Morgan fingerprint density at radius 2 is 1.79 bits per heavy atom. The Kier molecular flexibility index (Phi) is 7.89. The van der Waals surface area contributed by atoms with Gasteiger partial charge in [-0.1, -0.05) is 47.5 Å². The molecule has 12 heteroatoms. The molecule has 196 valence electrons. The molecule has 0 aliphatic rings. The average molecular weight is 574 g/mol. The normalized spacial score (nSPS) is 11.7. The third-order valence-corrected chi connectivity index (χ3v) is 7.28. The third-order valence-electron chi connectivity index (χ3n) is 5.57. The number of nitrogens with one attached hydrogen (secondary N) is 1. The van der Waals surface area contributed by atoms with Gasteiger partial charge >= 0.3 is 0 Å². The summed E-state index contributed by atoms with van der Waals surface area (Å²) >= 11 is 12.1. The second-order valence-electron chi connectivity index (χ2n) is 8.07. The van der Waals surface area contributed by atoms with Gasteiger partial charge in [-0.25, -0.2) is 0 Å². The Balaban J connectivity index is 1.81. The summed E-state index contributed by atoms with van der Waals surface area (Å²) in [4.78, 5) is 12.8. The van der Waals surface area contributed by atoms with E-state index in [0.29, 0.717) is 33.8 Å². The molecule has 0 fully saturated rings. The van der Waals surface area contributed by atoms with Gasteiger partial charge in [-0.3, -0.25) is 9.35 Å². The number of hydrogen-bond donors (Lipinski definition) is 3. The fourth-order valence-corrected chi connectivity index (χ4v) is 5.32. The van der Waals surface area contributed by atoms with Gasteiger partial charge in [-0.05, 0) is 61.2 Å². The SMILES string of the molecule is CCOc1ccc(Cl)cc1NC(=O)c1cc2ccccc2c(N=Nc2ccc(Cl)c(S(=O)(=O)O)c2C)c1O. The molecule has 9 nitrogen and oxygen atoms in total. The van der Waals surface area contributed by atoms with Crippen LogP contribution in [0, 0.1) is 6.92 Å². The van der Waals surface area contributed by atoms with Gasteiger partial charge in [-0.15, -0.1) is 5.11 Å². The molecule has 0 saturated heterocycles. The molecule has 0 aromatic heterocycles. The first-order valence-corrected chi connectivity index (χ1v) is 13.4. The first kappa shape index (κ1) is 27.3. The van der Waals surface area contributed by atoms with Gasteiger partial charge in [0.2, 0.25) is 0 Å². The highest BCUT2D eigenvalue weighted by Crippen LogP contribution is 2.41. The number of ether oxygens (including phenoxy) is 1. The monoisotopic (exact) mass is 573 g/mol. The minimum absolute atomic E-state index is 0.0212. The van der Waals surface area contributed by atoms with Gasteiger partial charge in [0.25, 0.3) is 16.0 Å². The topological polar surface area (TPSA) is 138 Å². The van der Waals surface area contributed by atoms with E-state index in [1.165, 1.54) is 31.2 Å². The maximum absolute atomic E-state index is 13.3. The number of benzene rings is 4. The van der Waals surface area contributed by atoms with Crippen LogP contribution in [0.4, 0.5) is 17.1 Å². The number of hydrogen-bond acceptors (Lipinski definition) is 7. The predicted molar refractivity (Wildman–Crippen MR) is 146 cm³/mol. The van der Waals surface area contributed by atoms with E-state index in [4.69, 9.17) is 27.9 Å². The van der Waals surface area contributed by atoms with Gasteiger partial charge < -0.3 is 15.2 Å². The summed E-state index contributed by atoms with van der Waals surface area (Å²) in [6.07, 6.45) is 0. The molecule has 0 unspecified atom stereocenters. The van der Waals surface area contributed by atoms with E-state index in [1.807, 2.05) is 0 Å². The molecule has 0 aliphatic carbocycles. The average Bonchev–Trinajstić information content (AvgIpc) is 2.85. The van der Waals surface area contributed by atoms with Gasteiger partial charge in [0, 0.05) is 10.4 Å². The largest absolute Gasteiger partial charge is 0.505 e. The van der Waals surface area contributed by atoms with E-state index in [2.05, 4.69) is 15.5 Å². The molecule has 0 heterocycles. The summed E-state index contributed by atoms with van der Waals surface area (Å²) in [5.41, 5.74) is 0.347.